The van der Waals surface area contributed by atoms with E-state index in [4.69, 9.17) is 16.6 Å². The van der Waals surface area contributed by atoms with Crippen LogP contribution in [0.5, 0.6) is 0 Å². The third kappa shape index (κ3) is 7.12. The Morgan fingerprint density at radius 3 is 2.39 bits per heavy atom. The Morgan fingerprint density at radius 2 is 1.71 bits per heavy atom. The Kier molecular flexibility index (Phi) is 8.09. The van der Waals surface area contributed by atoms with Crippen molar-refractivity contribution in [1.29, 1.82) is 0 Å². The van der Waals surface area contributed by atoms with E-state index in [1.54, 1.807) is 6.20 Å². The number of hydrogen-bond acceptors (Lipinski definition) is 6. The summed E-state index contributed by atoms with van der Waals surface area (Å²) < 4.78 is 0. The van der Waals surface area contributed by atoms with Crippen molar-refractivity contribution in [3.05, 3.63) is 36.0 Å². The van der Waals surface area contributed by atoms with Gasteiger partial charge in [0.15, 0.2) is 0 Å². The molecule has 1 heterocycles. The first-order valence-corrected chi connectivity index (χ1v) is 9.32. The largest absolute Gasteiger partial charge is 0.480 e. The number of H-pyrrole nitrogens is 1. The first kappa shape index (κ1) is 23.3. The molecule has 2 unspecified atom stereocenters. The molecule has 2 aromatic rings. The first-order valence-electron chi connectivity index (χ1n) is 9.32. The number of nitrogens with two attached hydrogens (primary N) is 2. The molecule has 1 aromatic heterocycles. The molecule has 9 N–H and O–H groups in total. The quantitative estimate of drug-likeness (QED) is 0.206. The number of aromatic amines is 1. The van der Waals surface area contributed by atoms with Crippen molar-refractivity contribution < 1.29 is 29.1 Å². The normalized spacial score (nSPS) is 12.5. The molecule has 2 atom stereocenters. The standard InChI is InChI=1S/C19H24N6O6/c20-12(6-15(21)26)18(30)23-8-16(27)25-14(19(31)24-9-17(28)29)5-10-7-22-13-4-2-1-3-11(10)13/h1-4,7,12,14,22H,5-6,8-9,20H2,(H2,21,26)(H,23,30)(H,24,31)(H,25,27)(H,28,29). The molecule has 2 rings (SSSR count). The van der Waals surface area contributed by atoms with Gasteiger partial charge in [0.1, 0.15) is 12.6 Å². The third-order valence-electron chi connectivity index (χ3n) is 4.35. The molecule has 0 saturated carbocycles. The Morgan fingerprint density at radius 1 is 1.03 bits per heavy atom. The lowest BCUT2D eigenvalue weighted by molar-refractivity contribution is -0.138. The minimum atomic E-state index is -1.23. The summed E-state index contributed by atoms with van der Waals surface area (Å²) in [4.78, 5) is 61.2. The molecule has 12 nitrogen and oxygen atoms in total. The number of hydrogen-bond donors (Lipinski definition) is 7. The number of carbonyl (C=O) groups is 5. The molecular weight excluding hydrogens is 408 g/mol. The number of fused-ring (bicyclic) bond motifs is 1. The topological polar surface area (TPSA) is 209 Å². The van der Waals surface area contributed by atoms with Gasteiger partial charge in [-0.05, 0) is 11.6 Å². The van der Waals surface area contributed by atoms with Crippen molar-refractivity contribution in [2.45, 2.75) is 24.9 Å². The first-order chi connectivity index (χ1) is 14.7. The van der Waals surface area contributed by atoms with Gasteiger partial charge in [0.2, 0.25) is 23.6 Å². The average molecular weight is 432 g/mol. The molecule has 0 aliphatic heterocycles. The second-order valence-electron chi connectivity index (χ2n) is 6.79. The predicted molar refractivity (Wildman–Crippen MR) is 109 cm³/mol. The van der Waals surface area contributed by atoms with E-state index >= 15 is 0 Å². The van der Waals surface area contributed by atoms with Crippen LogP contribution in [0.2, 0.25) is 0 Å². The monoisotopic (exact) mass is 432 g/mol. The fourth-order valence-corrected chi connectivity index (χ4v) is 2.87. The van der Waals surface area contributed by atoms with Gasteiger partial charge in [-0.2, -0.15) is 0 Å². The lowest BCUT2D eigenvalue weighted by Gasteiger charge is -2.18. The smallest absolute Gasteiger partial charge is 0.322 e. The number of nitrogens with one attached hydrogen (secondary N) is 4. The van der Waals surface area contributed by atoms with Crippen molar-refractivity contribution in [2.24, 2.45) is 11.5 Å². The number of rotatable bonds is 11. The zero-order valence-corrected chi connectivity index (χ0v) is 16.5. The lowest BCUT2D eigenvalue weighted by atomic mass is 10.0. The summed E-state index contributed by atoms with van der Waals surface area (Å²) in [5.74, 6) is -4.15. The average Bonchev–Trinajstić information content (AvgIpc) is 3.12. The fourth-order valence-electron chi connectivity index (χ4n) is 2.87. The van der Waals surface area contributed by atoms with Crippen molar-refractivity contribution in [3.8, 4) is 0 Å². The lowest BCUT2D eigenvalue weighted by Crippen LogP contribution is -2.52. The van der Waals surface area contributed by atoms with Crippen LogP contribution in [-0.4, -0.2) is 64.9 Å². The van der Waals surface area contributed by atoms with E-state index in [1.807, 2.05) is 24.3 Å². The summed E-state index contributed by atoms with van der Waals surface area (Å²) in [5, 5.41) is 16.6. The van der Waals surface area contributed by atoms with E-state index in [-0.39, 0.29) is 12.8 Å². The number of para-hydroxylation sites is 1. The van der Waals surface area contributed by atoms with Gasteiger partial charge in [-0.15, -0.1) is 0 Å². The summed E-state index contributed by atoms with van der Waals surface area (Å²) in [6.45, 7) is -1.11. The van der Waals surface area contributed by atoms with Gasteiger partial charge in [-0.3, -0.25) is 24.0 Å². The third-order valence-corrected chi connectivity index (χ3v) is 4.35. The molecule has 166 valence electrons. The molecular formula is C19H24N6O6. The van der Waals surface area contributed by atoms with Gasteiger partial charge >= 0.3 is 5.97 Å². The van der Waals surface area contributed by atoms with Crippen LogP contribution in [-0.2, 0) is 30.4 Å². The Hall–Kier alpha value is -3.93. The highest BCUT2D eigenvalue weighted by Crippen LogP contribution is 2.19. The zero-order chi connectivity index (χ0) is 23.0. The van der Waals surface area contributed by atoms with Crippen molar-refractivity contribution in [2.75, 3.05) is 13.1 Å². The maximum absolute atomic E-state index is 12.5. The van der Waals surface area contributed by atoms with E-state index in [2.05, 4.69) is 20.9 Å². The Labute approximate surface area is 176 Å². The van der Waals surface area contributed by atoms with Gasteiger partial charge < -0.3 is 37.5 Å². The highest BCUT2D eigenvalue weighted by molar-refractivity contribution is 5.93. The van der Waals surface area contributed by atoms with Gasteiger partial charge in [0.25, 0.3) is 0 Å². The molecule has 0 saturated heterocycles. The molecule has 0 bridgehead atoms. The number of primary amides is 1. The van der Waals surface area contributed by atoms with Crippen molar-refractivity contribution in [3.63, 3.8) is 0 Å². The summed E-state index contributed by atoms with van der Waals surface area (Å²) >= 11 is 0. The molecule has 0 spiro atoms. The van der Waals surface area contributed by atoms with Crippen molar-refractivity contribution >= 4 is 40.5 Å². The number of carboxylic acid groups (broad SMARTS) is 1. The molecule has 1 aromatic carbocycles. The summed E-state index contributed by atoms with van der Waals surface area (Å²) in [7, 11) is 0. The zero-order valence-electron chi connectivity index (χ0n) is 16.5. The maximum atomic E-state index is 12.5. The SMILES string of the molecule is NC(=O)CC(N)C(=O)NCC(=O)NC(Cc1c[nH]c2ccccc12)C(=O)NCC(=O)O. The summed E-state index contributed by atoms with van der Waals surface area (Å²) in [5.41, 5.74) is 12.0. The number of amides is 4. The number of carboxylic acids is 1. The predicted octanol–water partition coefficient (Wildman–Crippen LogP) is -2.29. The maximum Gasteiger partial charge on any atom is 0.322 e. The molecule has 0 aliphatic carbocycles. The number of carbonyl (C=O) groups excluding carboxylic acids is 4. The van der Waals surface area contributed by atoms with Gasteiger partial charge in [0, 0.05) is 23.5 Å². The molecule has 0 fully saturated rings. The molecule has 4 amide bonds. The van der Waals surface area contributed by atoms with Gasteiger partial charge in [-0.1, -0.05) is 18.2 Å². The van der Waals surface area contributed by atoms with E-state index < -0.39 is 54.8 Å². The highest BCUT2D eigenvalue weighted by Gasteiger charge is 2.24. The molecule has 12 heteroatoms. The van der Waals surface area contributed by atoms with Crippen LogP contribution in [0.1, 0.15) is 12.0 Å². The van der Waals surface area contributed by atoms with Crippen molar-refractivity contribution in [1.82, 2.24) is 20.9 Å². The van der Waals surface area contributed by atoms with E-state index in [9.17, 15) is 24.0 Å². The molecule has 0 aliphatic rings. The van der Waals surface area contributed by atoms with Gasteiger partial charge in [-0.25, -0.2) is 0 Å². The van der Waals surface area contributed by atoms with Crippen LogP contribution in [0.15, 0.2) is 30.5 Å². The van der Waals surface area contributed by atoms with Crippen LogP contribution < -0.4 is 27.4 Å². The Balaban J connectivity index is 2.05. The fraction of sp³-hybridized carbons (Fsp3) is 0.316. The number of aliphatic carboxylic acids is 1. The van der Waals surface area contributed by atoms with Crippen LogP contribution in [0.25, 0.3) is 10.9 Å². The highest BCUT2D eigenvalue weighted by atomic mass is 16.4. The second kappa shape index (κ2) is 10.7. The van der Waals surface area contributed by atoms with Crippen LogP contribution in [0, 0.1) is 0 Å². The van der Waals surface area contributed by atoms with Crippen LogP contribution >= 0.6 is 0 Å². The minimum absolute atomic E-state index is 0.0797. The van der Waals surface area contributed by atoms with Crippen LogP contribution in [0.3, 0.4) is 0 Å². The number of benzene rings is 1. The molecule has 31 heavy (non-hydrogen) atoms. The van der Waals surface area contributed by atoms with Gasteiger partial charge in [0.05, 0.1) is 19.0 Å². The second-order valence-corrected chi connectivity index (χ2v) is 6.79. The summed E-state index contributed by atoms with van der Waals surface area (Å²) in [6.07, 6.45) is 1.39. The minimum Gasteiger partial charge on any atom is -0.480 e. The van der Waals surface area contributed by atoms with E-state index in [1.165, 1.54) is 0 Å². The number of aromatic nitrogens is 1. The van der Waals surface area contributed by atoms with E-state index in [0.29, 0.717) is 0 Å². The van der Waals surface area contributed by atoms with E-state index in [0.717, 1.165) is 16.5 Å². The van der Waals surface area contributed by atoms with Crippen LogP contribution in [0.4, 0.5) is 0 Å². The summed E-state index contributed by atoms with van der Waals surface area (Å²) in [6, 6.07) is 5.06. The molecule has 0 radical (unpaired) electrons. The Bertz CT molecular complexity index is 987.